The van der Waals surface area contributed by atoms with Crippen LogP contribution < -0.4 is 0 Å². The summed E-state index contributed by atoms with van der Waals surface area (Å²) in [6.45, 7) is 9.54. The fourth-order valence-corrected chi connectivity index (χ4v) is 2.56. The monoisotopic (exact) mass is 228 g/mol. The second-order valence-corrected chi connectivity index (χ2v) is 6.62. The molecule has 0 heterocycles. The van der Waals surface area contributed by atoms with E-state index in [-0.39, 0.29) is 0 Å². The molecule has 0 saturated carbocycles. The van der Waals surface area contributed by atoms with Gasteiger partial charge in [-0.05, 0) is 41.2 Å². The first kappa shape index (κ1) is 12.4. The van der Waals surface area contributed by atoms with Crippen LogP contribution in [0.3, 0.4) is 0 Å². The zero-order valence-corrected chi connectivity index (χ0v) is 11.6. The Balaban J connectivity index is 2.30. The second-order valence-electron chi connectivity index (χ2n) is 6.62. The van der Waals surface area contributed by atoms with Gasteiger partial charge in [0.2, 0.25) is 0 Å². The van der Waals surface area contributed by atoms with E-state index in [9.17, 15) is 0 Å². The van der Waals surface area contributed by atoms with Crippen molar-refractivity contribution in [1.29, 1.82) is 0 Å². The molecule has 0 aliphatic heterocycles. The topological polar surface area (TPSA) is 0 Å². The molecule has 1 atom stereocenters. The predicted molar refractivity (Wildman–Crippen MR) is 76.0 cm³/mol. The lowest BCUT2D eigenvalue weighted by Gasteiger charge is -2.42. The molecule has 2 rings (SSSR count). The van der Waals surface area contributed by atoms with Crippen molar-refractivity contribution in [2.45, 2.75) is 47.0 Å². The van der Waals surface area contributed by atoms with Gasteiger partial charge in [0.15, 0.2) is 0 Å². The molecule has 0 N–H and O–H groups in total. The van der Waals surface area contributed by atoms with Crippen LogP contribution in [0.4, 0.5) is 0 Å². The van der Waals surface area contributed by atoms with Crippen molar-refractivity contribution in [3.63, 3.8) is 0 Å². The first-order valence-electron chi connectivity index (χ1n) is 6.67. The molecule has 1 unspecified atom stereocenters. The highest BCUT2D eigenvalue weighted by Crippen LogP contribution is 2.46. The summed E-state index contributed by atoms with van der Waals surface area (Å²) >= 11 is 0. The van der Waals surface area contributed by atoms with Crippen LogP contribution in [0.5, 0.6) is 0 Å². The second kappa shape index (κ2) is 4.33. The molecule has 0 amide bonds. The summed E-state index contributed by atoms with van der Waals surface area (Å²) in [6.07, 6.45) is 8.33. The van der Waals surface area contributed by atoms with Crippen LogP contribution in [-0.4, -0.2) is 0 Å². The number of fused-ring (bicyclic) bond motifs is 1. The summed E-state index contributed by atoms with van der Waals surface area (Å²) in [5, 5.41) is 0. The summed E-state index contributed by atoms with van der Waals surface area (Å²) in [6, 6.07) is 8.79. The van der Waals surface area contributed by atoms with Crippen molar-refractivity contribution in [2.24, 2.45) is 10.8 Å². The van der Waals surface area contributed by atoms with E-state index >= 15 is 0 Å². The molecule has 0 bridgehead atoms. The van der Waals surface area contributed by atoms with Gasteiger partial charge in [-0.2, -0.15) is 0 Å². The lowest BCUT2D eigenvalue weighted by Crippen LogP contribution is -2.33. The molecule has 0 fully saturated rings. The van der Waals surface area contributed by atoms with Gasteiger partial charge in [0.1, 0.15) is 0 Å². The first-order valence-corrected chi connectivity index (χ1v) is 6.67. The Hall–Kier alpha value is -1.04. The van der Waals surface area contributed by atoms with Crippen LogP contribution in [0.1, 0.15) is 51.7 Å². The van der Waals surface area contributed by atoms with Crippen molar-refractivity contribution in [1.82, 2.24) is 0 Å². The molecular formula is C17H24. The van der Waals surface area contributed by atoms with Crippen molar-refractivity contribution in [3.8, 4) is 0 Å². The Kier molecular flexibility index (Phi) is 3.16. The normalized spacial score (nSPS) is 26.8. The molecule has 0 heteroatoms. The highest BCUT2D eigenvalue weighted by atomic mass is 14.4. The minimum Gasteiger partial charge on any atom is -0.0834 e. The van der Waals surface area contributed by atoms with E-state index in [0.29, 0.717) is 10.8 Å². The van der Waals surface area contributed by atoms with E-state index in [1.54, 1.807) is 0 Å². The van der Waals surface area contributed by atoms with E-state index in [1.165, 1.54) is 30.4 Å². The van der Waals surface area contributed by atoms with Crippen molar-refractivity contribution in [2.75, 3.05) is 0 Å². The molecule has 92 valence electrons. The number of allylic oxidation sites excluding steroid dienone is 1. The smallest absolute Gasteiger partial charge is 0.0228 e. The fourth-order valence-electron chi connectivity index (χ4n) is 2.56. The zero-order valence-electron chi connectivity index (χ0n) is 11.6. The number of rotatable bonds is 0. The van der Waals surface area contributed by atoms with E-state index in [4.69, 9.17) is 0 Å². The maximum atomic E-state index is 2.44. The van der Waals surface area contributed by atoms with Gasteiger partial charge in [0.25, 0.3) is 0 Å². The van der Waals surface area contributed by atoms with Crippen LogP contribution in [0.15, 0.2) is 30.3 Å². The van der Waals surface area contributed by atoms with Crippen LogP contribution in [0, 0.1) is 10.8 Å². The molecule has 1 aromatic carbocycles. The third kappa shape index (κ3) is 2.46. The molecule has 1 aromatic rings. The Morgan fingerprint density at radius 2 is 1.82 bits per heavy atom. The maximum Gasteiger partial charge on any atom is -0.0228 e. The standard InChI is InChI=1S/C17H24/c1-16(2,3)17(4)12-7-10-14-8-5-6-9-15(14)11-13-17/h5-10H,11-13H2,1-4H3/b10-7-. The van der Waals surface area contributed by atoms with Gasteiger partial charge in [-0.25, -0.2) is 0 Å². The number of aryl methyl sites for hydroxylation is 1. The fraction of sp³-hybridized carbons (Fsp3) is 0.529. The van der Waals surface area contributed by atoms with Crippen LogP contribution >= 0.6 is 0 Å². The average Bonchev–Trinajstić information content (AvgIpc) is 2.23. The summed E-state index contributed by atoms with van der Waals surface area (Å²) < 4.78 is 0. The molecule has 0 radical (unpaired) electrons. The average molecular weight is 228 g/mol. The van der Waals surface area contributed by atoms with Crippen molar-refractivity contribution < 1.29 is 0 Å². The van der Waals surface area contributed by atoms with Crippen LogP contribution in [-0.2, 0) is 6.42 Å². The molecule has 0 saturated heterocycles. The third-order valence-corrected chi connectivity index (χ3v) is 4.68. The Bertz CT molecular complexity index is 420. The lowest BCUT2D eigenvalue weighted by atomic mass is 9.62. The Labute approximate surface area is 106 Å². The van der Waals surface area contributed by atoms with E-state index in [0.717, 1.165) is 0 Å². The van der Waals surface area contributed by atoms with Crippen LogP contribution in [0.2, 0.25) is 0 Å². The van der Waals surface area contributed by atoms with Gasteiger partial charge < -0.3 is 0 Å². The molecule has 1 aliphatic carbocycles. The number of hydrogen-bond donors (Lipinski definition) is 0. The van der Waals surface area contributed by atoms with E-state index in [2.05, 4.69) is 64.1 Å². The summed E-state index contributed by atoms with van der Waals surface area (Å²) in [5.41, 5.74) is 3.67. The van der Waals surface area contributed by atoms with E-state index < -0.39 is 0 Å². The third-order valence-electron chi connectivity index (χ3n) is 4.68. The Morgan fingerprint density at radius 1 is 1.12 bits per heavy atom. The minimum absolute atomic E-state index is 0.365. The first-order chi connectivity index (χ1) is 7.92. The summed E-state index contributed by atoms with van der Waals surface area (Å²) in [7, 11) is 0. The van der Waals surface area contributed by atoms with Crippen molar-refractivity contribution in [3.05, 3.63) is 41.5 Å². The summed E-state index contributed by atoms with van der Waals surface area (Å²) in [5.74, 6) is 0. The van der Waals surface area contributed by atoms with Gasteiger partial charge >= 0.3 is 0 Å². The SMILES string of the molecule is CC(C)(C)C1(C)C/C=C\c2ccccc2CC1. The van der Waals surface area contributed by atoms with Crippen molar-refractivity contribution >= 4 is 6.08 Å². The molecule has 17 heavy (non-hydrogen) atoms. The van der Waals surface area contributed by atoms with E-state index in [1.807, 2.05) is 0 Å². The van der Waals surface area contributed by atoms with Gasteiger partial charge in [0.05, 0.1) is 0 Å². The molecule has 0 nitrogen and oxygen atoms in total. The van der Waals surface area contributed by atoms with Crippen LogP contribution in [0.25, 0.3) is 6.08 Å². The number of hydrogen-bond acceptors (Lipinski definition) is 0. The zero-order chi connectivity index (χ0) is 12.5. The molecule has 0 aromatic heterocycles. The largest absolute Gasteiger partial charge is 0.0834 e. The molecular weight excluding hydrogens is 204 g/mol. The summed E-state index contributed by atoms with van der Waals surface area (Å²) in [4.78, 5) is 0. The number of benzene rings is 1. The molecule has 0 spiro atoms. The predicted octanol–water partition coefficient (Wildman–Crippen LogP) is 5.09. The quantitative estimate of drug-likeness (QED) is 0.580. The van der Waals surface area contributed by atoms with Gasteiger partial charge in [-0.1, -0.05) is 64.1 Å². The maximum absolute atomic E-state index is 2.44. The Morgan fingerprint density at radius 3 is 2.53 bits per heavy atom. The van der Waals surface area contributed by atoms with Gasteiger partial charge in [0, 0.05) is 0 Å². The van der Waals surface area contributed by atoms with Gasteiger partial charge in [-0.15, -0.1) is 0 Å². The lowest BCUT2D eigenvalue weighted by molar-refractivity contribution is 0.0997. The highest BCUT2D eigenvalue weighted by Gasteiger charge is 2.36. The minimum atomic E-state index is 0.365. The van der Waals surface area contributed by atoms with Gasteiger partial charge in [-0.3, -0.25) is 0 Å². The molecule has 1 aliphatic rings. The highest BCUT2D eigenvalue weighted by molar-refractivity contribution is 5.54.